The molecule has 1 aromatic rings. The fourth-order valence-electron chi connectivity index (χ4n) is 2.84. The molecule has 0 heterocycles. The van der Waals surface area contributed by atoms with Gasteiger partial charge in [-0.1, -0.05) is 54.1 Å². The van der Waals surface area contributed by atoms with Gasteiger partial charge in [0.25, 0.3) is 0 Å². The van der Waals surface area contributed by atoms with Gasteiger partial charge in [-0.2, -0.15) is 0 Å². The molecule has 2 N–H and O–H groups in total. The van der Waals surface area contributed by atoms with E-state index in [0.29, 0.717) is 23.5 Å². The Balaban J connectivity index is 1.61. The summed E-state index contributed by atoms with van der Waals surface area (Å²) in [6.45, 7) is 0.538. The van der Waals surface area contributed by atoms with E-state index in [4.69, 9.17) is 11.6 Å². The molecule has 0 saturated heterocycles. The number of hydrogen-bond donors (Lipinski definition) is 2. The maximum Gasteiger partial charge on any atom is 0.0915 e. The first-order valence-electron chi connectivity index (χ1n) is 6.96. The standard InChI is InChI=1S/C17H18ClNO/c18-14-7-1-6-13(10-14)17(20)11-19-16-9-3-5-12-4-2-8-15(12)16/h1-8,10,15-17,19-20H,9,11H2/t15-,16-,17+/m1/s1. The van der Waals surface area contributed by atoms with E-state index in [1.807, 2.05) is 24.3 Å². The number of halogens is 1. The fourth-order valence-corrected chi connectivity index (χ4v) is 3.04. The first kappa shape index (κ1) is 13.6. The predicted octanol–water partition coefficient (Wildman–Crippen LogP) is 3.40. The molecule has 1 aromatic carbocycles. The van der Waals surface area contributed by atoms with Crippen LogP contribution >= 0.6 is 11.6 Å². The van der Waals surface area contributed by atoms with Crippen molar-refractivity contribution in [3.8, 4) is 0 Å². The maximum absolute atomic E-state index is 10.2. The number of fused-ring (bicyclic) bond motifs is 1. The highest BCUT2D eigenvalue weighted by molar-refractivity contribution is 6.30. The molecule has 3 rings (SSSR count). The Morgan fingerprint density at radius 3 is 3.15 bits per heavy atom. The summed E-state index contributed by atoms with van der Waals surface area (Å²) in [7, 11) is 0. The zero-order valence-corrected chi connectivity index (χ0v) is 11.9. The van der Waals surface area contributed by atoms with Crippen molar-refractivity contribution in [3.63, 3.8) is 0 Å². The summed E-state index contributed by atoms with van der Waals surface area (Å²) in [5, 5.41) is 14.4. The Bertz CT molecular complexity index is 576. The van der Waals surface area contributed by atoms with Crippen LogP contribution in [0.1, 0.15) is 18.1 Å². The molecular weight excluding hydrogens is 270 g/mol. The second-order valence-electron chi connectivity index (χ2n) is 5.30. The van der Waals surface area contributed by atoms with Gasteiger partial charge in [0.2, 0.25) is 0 Å². The van der Waals surface area contributed by atoms with E-state index in [2.05, 4.69) is 35.7 Å². The van der Waals surface area contributed by atoms with Crippen LogP contribution in [-0.2, 0) is 0 Å². The number of aliphatic hydroxyl groups excluding tert-OH is 1. The number of allylic oxidation sites excluding steroid dienone is 3. The van der Waals surface area contributed by atoms with E-state index < -0.39 is 6.10 Å². The summed E-state index contributed by atoms with van der Waals surface area (Å²) in [5.74, 6) is 0.437. The largest absolute Gasteiger partial charge is 0.387 e. The first-order chi connectivity index (χ1) is 9.74. The van der Waals surface area contributed by atoms with E-state index in [1.165, 1.54) is 5.57 Å². The van der Waals surface area contributed by atoms with Gasteiger partial charge in [0.15, 0.2) is 0 Å². The molecule has 0 amide bonds. The summed E-state index contributed by atoms with van der Waals surface area (Å²) in [5.41, 5.74) is 2.21. The number of aliphatic hydroxyl groups is 1. The molecule has 0 fully saturated rings. The molecule has 0 bridgehead atoms. The van der Waals surface area contributed by atoms with Crippen LogP contribution in [0.4, 0.5) is 0 Å². The summed E-state index contributed by atoms with van der Waals surface area (Å²) >= 11 is 5.95. The lowest BCUT2D eigenvalue weighted by atomic mass is 9.87. The van der Waals surface area contributed by atoms with Crippen LogP contribution in [0.15, 0.2) is 60.2 Å². The normalized spacial score (nSPS) is 25.4. The van der Waals surface area contributed by atoms with Gasteiger partial charge < -0.3 is 10.4 Å². The summed E-state index contributed by atoms with van der Waals surface area (Å²) in [6, 6.07) is 7.76. The first-order valence-corrected chi connectivity index (χ1v) is 7.33. The third kappa shape index (κ3) is 2.88. The summed E-state index contributed by atoms with van der Waals surface area (Å²) < 4.78 is 0. The topological polar surface area (TPSA) is 32.3 Å². The zero-order valence-electron chi connectivity index (χ0n) is 11.2. The molecule has 3 heteroatoms. The molecule has 2 aliphatic carbocycles. The van der Waals surface area contributed by atoms with Crippen molar-refractivity contribution >= 4 is 11.6 Å². The lowest BCUT2D eigenvalue weighted by Crippen LogP contribution is -2.39. The molecule has 2 aliphatic rings. The lowest BCUT2D eigenvalue weighted by molar-refractivity contribution is 0.167. The molecule has 0 spiro atoms. The Kier molecular flexibility index (Phi) is 4.06. The number of nitrogens with one attached hydrogen (secondary N) is 1. The minimum atomic E-state index is -0.530. The zero-order chi connectivity index (χ0) is 13.9. The second-order valence-corrected chi connectivity index (χ2v) is 5.74. The van der Waals surface area contributed by atoms with Gasteiger partial charge in [-0.15, -0.1) is 0 Å². The second kappa shape index (κ2) is 5.96. The van der Waals surface area contributed by atoms with E-state index in [-0.39, 0.29) is 0 Å². The third-order valence-electron chi connectivity index (χ3n) is 3.93. The quantitative estimate of drug-likeness (QED) is 0.889. The van der Waals surface area contributed by atoms with Gasteiger partial charge in [0.05, 0.1) is 6.10 Å². The lowest BCUT2D eigenvalue weighted by Gasteiger charge is -2.28. The Labute approximate surface area is 124 Å². The smallest absolute Gasteiger partial charge is 0.0915 e. The molecule has 104 valence electrons. The number of hydrogen-bond acceptors (Lipinski definition) is 2. The summed E-state index contributed by atoms with van der Waals surface area (Å²) in [6.07, 6.45) is 11.3. The van der Waals surface area contributed by atoms with Crippen LogP contribution < -0.4 is 5.32 Å². The van der Waals surface area contributed by atoms with E-state index in [0.717, 1.165) is 12.0 Å². The molecule has 20 heavy (non-hydrogen) atoms. The van der Waals surface area contributed by atoms with Crippen LogP contribution in [0.2, 0.25) is 5.02 Å². The third-order valence-corrected chi connectivity index (χ3v) is 4.17. The van der Waals surface area contributed by atoms with Gasteiger partial charge in [-0.3, -0.25) is 0 Å². The van der Waals surface area contributed by atoms with E-state index in [9.17, 15) is 5.11 Å². The monoisotopic (exact) mass is 287 g/mol. The van der Waals surface area contributed by atoms with Crippen molar-refractivity contribution in [1.82, 2.24) is 5.32 Å². The van der Waals surface area contributed by atoms with Crippen molar-refractivity contribution in [3.05, 3.63) is 70.8 Å². The minimum absolute atomic E-state index is 0.360. The Morgan fingerprint density at radius 2 is 2.30 bits per heavy atom. The number of benzene rings is 1. The van der Waals surface area contributed by atoms with Crippen LogP contribution in [0.3, 0.4) is 0 Å². The van der Waals surface area contributed by atoms with Crippen molar-refractivity contribution in [2.45, 2.75) is 18.6 Å². The van der Waals surface area contributed by atoms with Crippen LogP contribution in [0, 0.1) is 5.92 Å². The maximum atomic E-state index is 10.2. The molecular formula is C17H18ClNO. The number of rotatable bonds is 4. The van der Waals surface area contributed by atoms with Gasteiger partial charge in [0.1, 0.15) is 0 Å². The van der Waals surface area contributed by atoms with Crippen LogP contribution in [0.25, 0.3) is 0 Å². The average molecular weight is 288 g/mol. The summed E-state index contributed by atoms with van der Waals surface area (Å²) in [4.78, 5) is 0. The van der Waals surface area contributed by atoms with E-state index in [1.54, 1.807) is 0 Å². The van der Waals surface area contributed by atoms with E-state index >= 15 is 0 Å². The molecule has 0 aromatic heterocycles. The Morgan fingerprint density at radius 1 is 1.40 bits per heavy atom. The highest BCUT2D eigenvalue weighted by Gasteiger charge is 2.25. The molecule has 0 saturated carbocycles. The van der Waals surface area contributed by atoms with Crippen molar-refractivity contribution in [1.29, 1.82) is 0 Å². The Hall–Kier alpha value is -1.35. The van der Waals surface area contributed by atoms with Crippen molar-refractivity contribution in [2.24, 2.45) is 5.92 Å². The predicted molar refractivity (Wildman–Crippen MR) is 82.7 cm³/mol. The molecule has 0 aliphatic heterocycles. The fraction of sp³-hybridized carbons (Fsp3) is 0.294. The van der Waals surface area contributed by atoms with Gasteiger partial charge in [-0.05, 0) is 29.7 Å². The molecule has 0 unspecified atom stereocenters. The molecule has 2 nitrogen and oxygen atoms in total. The highest BCUT2D eigenvalue weighted by atomic mass is 35.5. The highest BCUT2D eigenvalue weighted by Crippen LogP contribution is 2.30. The van der Waals surface area contributed by atoms with Crippen LogP contribution in [0.5, 0.6) is 0 Å². The van der Waals surface area contributed by atoms with Gasteiger partial charge in [0, 0.05) is 23.5 Å². The van der Waals surface area contributed by atoms with Crippen molar-refractivity contribution in [2.75, 3.05) is 6.54 Å². The minimum Gasteiger partial charge on any atom is -0.387 e. The van der Waals surface area contributed by atoms with Gasteiger partial charge >= 0.3 is 0 Å². The average Bonchev–Trinajstić information content (AvgIpc) is 2.93. The molecule has 3 atom stereocenters. The van der Waals surface area contributed by atoms with Crippen molar-refractivity contribution < 1.29 is 5.11 Å². The molecule has 0 radical (unpaired) electrons. The SMILES string of the molecule is O[C@@H](CN[C@@H]1CC=CC2=CC=C[C@H]21)c1cccc(Cl)c1. The van der Waals surface area contributed by atoms with Gasteiger partial charge in [-0.25, -0.2) is 0 Å². The van der Waals surface area contributed by atoms with Crippen LogP contribution in [-0.4, -0.2) is 17.7 Å².